The van der Waals surface area contributed by atoms with Crippen LogP contribution in [-0.2, 0) is 9.59 Å². The van der Waals surface area contributed by atoms with Crippen LogP contribution in [0, 0.1) is 5.41 Å². The molecule has 1 unspecified atom stereocenters. The topological polar surface area (TPSA) is 76.0 Å². The summed E-state index contributed by atoms with van der Waals surface area (Å²) in [6.07, 6.45) is 5.31. The van der Waals surface area contributed by atoms with Crippen LogP contribution in [0.2, 0.25) is 0 Å². The van der Waals surface area contributed by atoms with Gasteiger partial charge in [-0.15, -0.1) is 0 Å². The molecule has 2 rings (SSSR count). The van der Waals surface area contributed by atoms with Crippen LogP contribution in [0.5, 0.6) is 0 Å². The number of benzene rings is 1. The molecule has 0 spiro atoms. The summed E-state index contributed by atoms with van der Waals surface area (Å²) in [5, 5.41) is 5.55. The van der Waals surface area contributed by atoms with Crippen molar-refractivity contribution in [3.8, 4) is 5.69 Å². The molecule has 0 aliphatic rings. The number of imidazole rings is 1. The number of nitrogens with zero attached hydrogens (tertiary/aromatic N) is 2. The zero-order chi connectivity index (χ0) is 17.7. The summed E-state index contributed by atoms with van der Waals surface area (Å²) in [5.41, 5.74) is 1.45. The zero-order valence-corrected chi connectivity index (χ0v) is 14.5. The molecule has 6 nitrogen and oxygen atoms in total. The highest BCUT2D eigenvalue weighted by atomic mass is 16.2. The van der Waals surface area contributed by atoms with Gasteiger partial charge in [-0.25, -0.2) is 4.98 Å². The van der Waals surface area contributed by atoms with Crippen molar-refractivity contribution in [2.75, 3.05) is 6.54 Å². The minimum absolute atomic E-state index is 0.0261. The molecule has 24 heavy (non-hydrogen) atoms. The van der Waals surface area contributed by atoms with Crippen molar-refractivity contribution in [2.45, 2.75) is 33.7 Å². The Bertz CT molecular complexity index is 702. The average molecular weight is 328 g/mol. The lowest BCUT2D eigenvalue weighted by Crippen LogP contribution is -2.42. The van der Waals surface area contributed by atoms with E-state index in [4.69, 9.17) is 0 Å². The third-order valence-corrected chi connectivity index (χ3v) is 3.64. The molecular formula is C18H24N4O2. The molecule has 0 radical (unpaired) electrons. The molecule has 0 aliphatic carbocycles. The summed E-state index contributed by atoms with van der Waals surface area (Å²) >= 11 is 0. The van der Waals surface area contributed by atoms with E-state index in [1.807, 2.05) is 62.7 Å². The lowest BCUT2D eigenvalue weighted by molar-refractivity contribution is -0.131. The molecule has 1 aromatic heterocycles. The Hall–Kier alpha value is -2.63. The van der Waals surface area contributed by atoms with E-state index < -0.39 is 5.41 Å². The SMILES string of the molecule is CC(NC(=O)CNC(=O)C(C)(C)C)c1cccc(-n2ccnc2)c1. The van der Waals surface area contributed by atoms with Crippen molar-refractivity contribution >= 4 is 11.8 Å². The van der Waals surface area contributed by atoms with Crippen LogP contribution in [0.3, 0.4) is 0 Å². The van der Waals surface area contributed by atoms with E-state index >= 15 is 0 Å². The van der Waals surface area contributed by atoms with Gasteiger partial charge >= 0.3 is 0 Å². The predicted octanol–water partition coefficient (Wildman–Crippen LogP) is 2.21. The summed E-state index contributed by atoms with van der Waals surface area (Å²) in [7, 11) is 0. The monoisotopic (exact) mass is 328 g/mol. The highest BCUT2D eigenvalue weighted by Crippen LogP contribution is 2.17. The average Bonchev–Trinajstić information content (AvgIpc) is 3.06. The van der Waals surface area contributed by atoms with Crippen molar-refractivity contribution < 1.29 is 9.59 Å². The van der Waals surface area contributed by atoms with E-state index in [1.54, 1.807) is 12.5 Å². The van der Waals surface area contributed by atoms with Crippen LogP contribution in [0.25, 0.3) is 5.69 Å². The quantitative estimate of drug-likeness (QED) is 0.883. The van der Waals surface area contributed by atoms with Gasteiger partial charge < -0.3 is 15.2 Å². The Labute approximate surface area is 142 Å². The minimum atomic E-state index is -0.509. The number of amides is 2. The molecule has 1 heterocycles. The first-order valence-corrected chi connectivity index (χ1v) is 7.93. The Morgan fingerprint density at radius 2 is 2.04 bits per heavy atom. The second-order valence-corrected chi connectivity index (χ2v) is 6.79. The molecule has 6 heteroatoms. The van der Waals surface area contributed by atoms with Gasteiger partial charge in [-0.3, -0.25) is 9.59 Å². The molecule has 128 valence electrons. The van der Waals surface area contributed by atoms with Crippen LogP contribution in [0.15, 0.2) is 43.0 Å². The van der Waals surface area contributed by atoms with Gasteiger partial charge in [0, 0.05) is 23.5 Å². The van der Waals surface area contributed by atoms with Gasteiger partial charge in [0.1, 0.15) is 0 Å². The standard InChI is InChI=1S/C18H24N4O2/c1-13(21-16(23)11-20-17(24)18(2,3)4)14-6-5-7-15(10-14)22-9-8-19-12-22/h5-10,12-13H,11H2,1-4H3,(H,20,24)(H,21,23). The van der Waals surface area contributed by atoms with Crippen LogP contribution in [0.4, 0.5) is 0 Å². The molecule has 2 amide bonds. The number of rotatable bonds is 5. The Morgan fingerprint density at radius 1 is 1.29 bits per heavy atom. The van der Waals surface area contributed by atoms with E-state index in [9.17, 15) is 9.59 Å². The van der Waals surface area contributed by atoms with Crippen molar-refractivity contribution in [3.63, 3.8) is 0 Å². The smallest absolute Gasteiger partial charge is 0.239 e. The lowest BCUT2D eigenvalue weighted by Gasteiger charge is -2.19. The Morgan fingerprint density at radius 3 is 2.67 bits per heavy atom. The number of hydrogen-bond acceptors (Lipinski definition) is 3. The second kappa shape index (κ2) is 7.29. The van der Waals surface area contributed by atoms with Crippen molar-refractivity contribution in [1.82, 2.24) is 20.2 Å². The Balaban J connectivity index is 1.95. The molecule has 2 aromatic rings. The molecule has 1 aromatic carbocycles. The minimum Gasteiger partial charge on any atom is -0.348 e. The van der Waals surface area contributed by atoms with Gasteiger partial charge in [0.25, 0.3) is 0 Å². The fourth-order valence-electron chi connectivity index (χ4n) is 2.17. The van der Waals surface area contributed by atoms with Crippen LogP contribution in [-0.4, -0.2) is 27.9 Å². The van der Waals surface area contributed by atoms with E-state index in [1.165, 1.54) is 0 Å². The van der Waals surface area contributed by atoms with Gasteiger partial charge in [-0.05, 0) is 24.6 Å². The van der Waals surface area contributed by atoms with Gasteiger partial charge in [0.2, 0.25) is 11.8 Å². The van der Waals surface area contributed by atoms with E-state index in [0.29, 0.717) is 0 Å². The van der Waals surface area contributed by atoms with Crippen molar-refractivity contribution in [3.05, 3.63) is 48.5 Å². The van der Waals surface area contributed by atoms with Crippen molar-refractivity contribution in [2.24, 2.45) is 5.41 Å². The molecule has 0 fully saturated rings. The molecule has 0 saturated carbocycles. The Kier molecular flexibility index (Phi) is 5.39. The summed E-state index contributed by atoms with van der Waals surface area (Å²) in [6.45, 7) is 7.32. The normalized spacial score (nSPS) is 12.5. The fourth-order valence-corrected chi connectivity index (χ4v) is 2.17. The summed E-state index contributed by atoms with van der Waals surface area (Å²) in [4.78, 5) is 27.9. The highest BCUT2D eigenvalue weighted by molar-refractivity contribution is 5.87. The maximum atomic E-state index is 12.0. The summed E-state index contributed by atoms with van der Waals surface area (Å²) < 4.78 is 1.90. The van der Waals surface area contributed by atoms with E-state index in [-0.39, 0.29) is 24.4 Å². The summed E-state index contributed by atoms with van der Waals surface area (Å²) in [5.74, 6) is -0.361. The maximum absolute atomic E-state index is 12.0. The third kappa shape index (κ3) is 4.68. The predicted molar refractivity (Wildman–Crippen MR) is 92.6 cm³/mol. The largest absolute Gasteiger partial charge is 0.348 e. The van der Waals surface area contributed by atoms with E-state index in [2.05, 4.69) is 15.6 Å². The molecular weight excluding hydrogens is 304 g/mol. The zero-order valence-electron chi connectivity index (χ0n) is 14.5. The van der Waals surface area contributed by atoms with Crippen LogP contribution < -0.4 is 10.6 Å². The van der Waals surface area contributed by atoms with Gasteiger partial charge in [-0.1, -0.05) is 32.9 Å². The van der Waals surface area contributed by atoms with E-state index in [0.717, 1.165) is 11.3 Å². The molecule has 1 atom stereocenters. The number of hydrogen-bond donors (Lipinski definition) is 2. The first-order valence-electron chi connectivity index (χ1n) is 7.93. The number of aromatic nitrogens is 2. The number of carbonyl (C=O) groups excluding carboxylic acids is 2. The second-order valence-electron chi connectivity index (χ2n) is 6.79. The lowest BCUT2D eigenvalue weighted by atomic mass is 9.96. The van der Waals surface area contributed by atoms with Gasteiger partial charge in [-0.2, -0.15) is 0 Å². The molecule has 2 N–H and O–H groups in total. The van der Waals surface area contributed by atoms with Gasteiger partial charge in [0.05, 0.1) is 18.9 Å². The number of carbonyl (C=O) groups is 2. The molecule has 0 bridgehead atoms. The molecule has 0 aliphatic heterocycles. The highest BCUT2D eigenvalue weighted by Gasteiger charge is 2.21. The first kappa shape index (κ1) is 17.7. The number of nitrogens with one attached hydrogen (secondary N) is 2. The third-order valence-electron chi connectivity index (χ3n) is 3.64. The fraction of sp³-hybridized carbons (Fsp3) is 0.389. The van der Waals surface area contributed by atoms with Crippen LogP contribution in [0.1, 0.15) is 39.3 Å². The summed E-state index contributed by atoms with van der Waals surface area (Å²) in [6, 6.07) is 7.71. The van der Waals surface area contributed by atoms with Gasteiger partial charge in [0.15, 0.2) is 0 Å². The molecule has 0 saturated heterocycles. The van der Waals surface area contributed by atoms with Crippen molar-refractivity contribution in [1.29, 1.82) is 0 Å². The first-order chi connectivity index (χ1) is 11.3. The maximum Gasteiger partial charge on any atom is 0.239 e. The van der Waals surface area contributed by atoms with Crippen LogP contribution >= 0.6 is 0 Å².